The number of rotatable bonds is 10. The molecule has 198 valence electrons. The maximum Gasteiger partial charge on any atom is 0.242 e. The number of nitrogens with zero attached hydrogens (tertiary/aromatic N) is 2. The van der Waals surface area contributed by atoms with Gasteiger partial charge in [0, 0.05) is 25.0 Å². The van der Waals surface area contributed by atoms with Crippen molar-refractivity contribution >= 4 is 27.5 Å². The molecule has 0 radical (unpaired) electrons. The zero-order valence-corrected chi connectivity index (χ0v) is 23.1. The number of nitrogens with one attached hydrogen (secondary N) is 1. The van der Waals surface area contributed by atoms with Crippen LogP contribution in [0.25, 0.3) is 0 Å². The second kappa shape index (κ2) is 11.9. The quantitative estimate of drug-likeness (QED) is 0.507. The number of sulfonamides is 1. The molecule has 0 saturated carbocycles. The lowest BCUT2D eigenvalue weighted by Gasteiger charge is -2.32. The molecule has 0 aliphatic rings. The van der Waals surface area contributed by atoms with Gasteiger partial charge in [0.05, 0.1) is 11.9 Å². The first-order valence-electron chi connectivity index (χ1n) is 12.0. The van der Waals surface area contributed by atoms with Gasteiger partial charge in [-0.05, 0) is 88.9 Å². The summed E-state index contributed by atoms with van der Waals surface area (Å²) in [6.45, 7) is 11.4. The van der Waals surface area contributed by atoms with Crippen LogP contribution in [0.3, 0.4) is 0 Å². The first kappa shape index (κ1) is 29.3. The number of hydrogen-bond acceptors (Lipinski definition) is 4. The second-order valence-corrected chi connectivity index (χ2v) is 12.2. The van der Waals surface area contributed by atoms with Crippen LogP contribution in [0.2, 0.25) is 0 Å². The molecule has 9 heteroatoms. The lowest BCUT2D eigenvalue weighted by molar-refractivity contribution is -0.141. The van der Waals surface area contributed by atoms with Crippen molar-refractivity contribution < 1.29 is 22.4 Å². The Bertz CT molecular complexity index is 1170. The molecule has 1 N–H and O–H groups in total. The van der Waals surface area contributed by atoms with Crippen molar-refractivity contribution in [1.29, 1.82) is 0 Å². The normalized spacial score (nSPS) is 12.7. The fraction of sp³-hybridized carbons (Fsp3) is 0.481. The number of amides is 2. The third-order valence-corrected chi connectivity index (χ3v) is 7.06. The van der Waals surface area contributed by atoms with Crippen LogP contribution in [0.15, 0.2) is 42.5 Å². The van der Waals surface area contributed by atoms with Gasteiger partial charge >= 0.3 is 0 Å². The molecule has 2 rings (SSSR count). The van der Waals surface area contributed by atoms with Gasteiger partial charge in [0.1, 0.15) is 11.9 Å². The SMILES string of the molecule is Cc1ccc(N(CCCC(=O)N(Cc2ccc(F)cc2)[C@@H](C)C(=O)NC(C)(C)C)S(C)(=O)=O)cc1C. The molecule has 0 aliphatic carbocycles. The minimum Gasteiger partial charge on any atom is -0.350 e. The van der Waals surface area contributed by atoms with Gasteiger partial charge in [-0.15, -0.1) is 0 Å². The molecule has 2 amide bonds. The molecule has 0 aliphatic heterocycles. The van der Waals surface area contributed by atoms with Crippen molar-refractivity contribution in [3.8, 4) is 0 Å². The highest BCUT2D eigenvalue weighted by Crippen LogP contribution is 2.22. The highest BCUT2D eigenvalue weighted by molar-refractivity contribution is 7.92. The first-order valence-corrected chi connectivity index (χ1v) is 13.8. The van der Waals surface area contributed by atoms with Crippen molar-refractivity contribution in [1.82, 2.24) is 10.2 Å². The van der Waals surface area contributed by atoms with E-state index in [0.717, 1.165) is 17.4 Å². The zero-order valence-electron chi connectivity index (χ0n) is 22.3. The van der Waals surface area contributed by atoms with Gasteiger partial charge in [0.25, 0.3) is 0 Å². The lowest BCUT2D eigenvalue weighted by atomic mass is 10.1. The van der Waals surface area contributed by atoms with E-state index in [0.29, 0.717) is 11.3 Å². The van der Waals surface area contributed by atoms with E-state index in [4.69, 9.17) is 0 Å². The van der Waals surface area contributed by atoms with Crippen molar-refractivity contribution in [2.75, 3.05) is 17.1 Å². The van der Waals surface area contributed by atoms with Gasteiger partial charge in [-0.3, -0.25) is 13.9 Å². The minimum absolute atomic E-state index is 0.0468. The maximum absolute atomic E-state index is 13.4. The number of hydrogen-bond donors (Lipinski definition) is 1. The molecule has 0 fully saturated rings. The highest BCUT2D eigenvalue weighted by Gasteiger charge is 2.28. The average molecular weight is 520 g/mol. The van der Waals surface area contributed by atoms with E-state index >= 15 is 0 Å². The molecule has 1 atom stereocenters. The number of benzene rings is 2. The Kier molecular flexibility index (Phi) is 9.65. The minimum atomic E-state index is -3.56. The molecule has 7 nitrogen and oxygen atoms in total. The zero-order chi connectivity index (χ0) is 27.3. The molecule has 2 aromatic carbocycles. The van der Waals surface area contributed by atoms with Crippen LogP contribution in [0.5, 0.6) is 0 Å². The van der Waals surface area contributed by atoms with E-state index in [2.05, 4.69) is 5.32 Å². The van der Waals surface area contributed by atoms with E-state index in [1.807, 2.05) is 46.8 Å². The molecule has 0 heterocycles. The topological polar surface area (TPSA) is 86.8 Å². The summed E-state index contributed by atoms with van der Waals surface area (Å²) in [4.78, 5) is 27.6. The average Bonchev–Trinajstić information content (AvgIpc) is 2.75. The van der Waals surface area contributed by atoms with E-state index in [-0.39, 0.29) is 43.6 Å². The van der Waals surface area contributed by atoms with Crippen LogP contribution in [0.1, 0.15) is 57.2 Å². The first-order chi connectivity index (χ1) is 16.6. The summed E-state index contributed by atoms with van der Waals surface area (Å²) in [7, 11) is -3.56. The number of aryl methyl sites for hydroxylation is 2. The lowest BCUT2D eigenvalue weighted by Crippen LogP contribution is -2.52. The molecular weight excluding hydrogens is 481 g/mol. The molecule has 0 saturated heterocycles. The Morgan fingerprint density at radius 1 is 1.03 bits per heavy atom. The number of anilines is 1. The molecule has 0 aromatic heterocycles. The Labute approximate surface area is 214 Å². The van der Waals surface area contributed by atoms with Gasteiger partial charge in [0.15, 0.2) is 0 Å². The summed E-state index contributed by atoms with van der Waals surface area (Å²) in [6, 6.07) is 10.4. The van der Waals surface area contributed by atoms with Crippen LogP contribution >= 0.6 is 0 Å². The van der Waals surface area contributed by atoms with Crippen molar-refractivity contribution in [2.24, 2.45) is 0 Å². The predicted molar refractivity (Wildman–Crippen MR) is 142 cm³/mol. The Hall–Kier alpha value is -2.94. The monoisotopic (exact) mass is 519 g/mol. The van der Waals surface area contributed by atoms with Crippen LogP contribution in [0, 0.1) is 19.7 Å². The Balaban J connectivity index is 2.20. The summed E-state index contributed by atoms with van der Waals surface area (Å²) in [5, 5.41) is 2.89. The smallest absolute Gasteiger partial charge is 0.242 e. The van der Waals surface area contributed by atoms with Crippen LogP contribution < -0.4 is 9.62 Å². The maximum atomic E-state index is 13.4. The van der Waals surface area contributed by atoms with Gasteiger partial charge in [-0.2, -0.15) is 0 Å². The van der Waals surface area contributed by atoms with Crippen molar-refractivity contribution in [2.45, 2.75) is 72.5 Å². The van der Waals surface area contributed by atoms with E-state index in [1.165, 1.54) is 21.3 Å². The van der Waals surface area contributed by atoms with Crippen molar-refractivity contribution in [3.05, 3.63) is 65.0 Å². The second-order valence-electron chi connectivity index (χ2n) is 10.3. The number of halogens is 1. The third-order valence-electron chi connectivity index (χ3n) is 5.86. The molecule has 0 bridgehead atoms. The molecule has 36 heavy (non-hydrogen) atoms. The molecule has 2 aromatic rings. The van der Waals surface area contributed by atoms with E-state index in [9.17, 15) is 22.4 Å². The van der Waals surface area contributed by atoms with Crippen molar-refractivity contribution in [3.63, 3.8) is 0 Å². The van der Waals surface area contributed by atoms with Gasteiger partial charge < -0.3 is 10.2 Å². The highest BCUT2D eigenvalue weighted by atomic mass is 32.2. The summed E-state index contributed by atoms with van der Waals surface area (Å²) in [6.07, 6.45) is 1.46. The summed E-state index contributed by atoms with van der Waals surface area (Å²) >= 11 is 0. The number of carbonyl (C=O) groups excluding carboxylic acids is 2. The van der Waals surface area contributed by atoms with Crippen LogP contribution in [-0.2, 0) is 26.2 Å². The van der Waals surface area contributed by atoms with E-state index in [1.54, 1.807) is 25.1 Å². The largest absolute Gasteiger partial charge is 0.350 e. The fourth-order valence-electron chi connectivity index (χ4n) is 3.73. The molecular formula is C27H38FN3O4S. The van der Waals surface area contributed by atoms with Crippen LogP contribution in [-0.4, -0.2) is 49.5 Å². The molecule has 0 spiro atoms. The van der Waals surface area contributed by atoms with E-state index < -0.39 is 21.6 Å². The van der Waals surface area contributed by atoms with Crippen LogP contribution in [0.4, 0.5) is 10.1 Å². The van der Waals surface area contributed by atoms with Gasteiger partial charge in [0.2, 0.25) is 21.8 Å². The Morgan fingerprint density at radius 2 is 1.64 bits per heavy atom. The van der Waals surface area contributed by atoms with Gasteiger partial charge in [-0.1, -0.05) is 18.2 Å². The molecule has 0 unspecified atom stereocenters. The summed E-state index contributed by atoms with van der Waals surface area (Å²) in [5.74, 6) is -0.974. The predicted octanol–water partition coefficient (Wildman–Crippen LogP) is 4.32. The third kappa shape index (κ3) is 8.62. The summed E-state index contributed by atoms with van der Waals surface area (Å²) in [5.41, 5.74) is 2.79. The Morgan fingerprint density at radius 3 is 2.17 bits per heavy atom. The van der Waals surface area contributed by atoms with Gasteiger partial charge in [-0.25, -0.2) is 12.8 Å². The standard InChI is InChI=1S/C27H38FN3O4S/c1-19-10-15-24(17-20(19)2)31(36(7,34)35)16-8-9-25(32)30(18-22-11-13-23(28)14-12-22)21(3)26(33)29-27(4,5)6/h10-15,17,21H,8-9,16,18H2,1-7H3,(H,29,33)/t21-/m0/s1. The number of carbonyl (C=O) groups is 2. The summed E-state index contributed by atoms with van der Waals surface area (Å²) < 4.78 is 39.6. The fourth-order valence-corrected chi connectivity index (χ4v) is 4.69.